The zero-order chi connectivity index (χ0) is 13.1. The highest BCUT2D eigenvalue weighted by molar-refractivity contribution is 5.89. The van der Waals surface area contributed by atoms with Crippen molar-refractivity contribution in [3.8, 4) is 0 Å². The molecule has 96 valence electrons. The average Bonchev–Trinajstić information content (AvgIpc) is 2.71. The highest BCUT2D eigenvalue weighted by atomic mass is 16.7. The van der Waals surface area contributed by atoms with Crippen LogP contribution in [0, 0.1) is 0 Å². The Kier molecular flexibility index (Phi) is 3.59. The lowest BCUT2D eigenvalue weighted by molar-refractivity contribution is -0.168. The Morgan fingerprint density at radius 2 is 1.94 bits per heavy atom. The Bertz CT molecular complexity index is 447. The van der Waals surface area contributed by atoms with Crippen LogP contribution < -0.4 is 0 Å². The first-order chi connectivity index (χ1) is 8.59. The van der Waals surface area contributed by atoms with Gasteiger partial charge in [0.2, 0.25) is 0 Å². The van der Waals surface area contributed by atoms with Gasteiger partial charge in [-0.05, 0) is 18.6 Å². The van der Waals surface area contributed by atoms with E-state index in [0.29, 0.717) is 5.56 Å². The molecule has 0 spiro atoms. The lowest BCUT2D eigenvalue weighted by Gasteiger charge is -2.20. The second-order valence-corrected chi connectivity index (χ2v) is 4.02. The van der Waals surface area contributed by atoms with Crippen LogP contribution in [0.4, 0.5) is 0 Å². The van der Waals surface area contributed by atoms with Gasteiger partial charge in [-0.1, -0.05) is 18.2 Å². The largest absolute Gasteiger partial charge is 0.480 e. The molecule has 1 heterocycles. The van der Waals surface area contributed by atoms with Gasteiger partial charge in [-0.15, -0.1) is 5.06 Å². The molecule has 18 heavy (non-hydrogen) atoms. The molecule has 1 aliphatic rings. The number of hydroxylamine groups is 2. The summed E-state index contributed by atoms with van der Waals surface area (Å²) in [4.78, 5) is 27.7. The van der Waals surface area contributed by atoms with E-state index in [1.807, 2.05) is 0 Å². The first kappa shape index (κ1) is 12.5. The van der Waals surface area contributed by atoms with E-state index < -0.39 is 24.1 Å². The van der Waals surface area contributed by atoms with Crippen molar-refractivity contribution in [1.82, 2.24) is 5.06 Å². The predicted octanol–water partition coefficient (Wildman–Crippen LogP) is 0.278. The van der Waals surface area contributed by atoms with E-state index in [1.165, 1.54) is 0 Å². The molecule has 6 heteroatoms. The van der Waals surface area contributed by atoms with Gasteiger partial charge in [0.15, 0.2) is 6.04 Å². The van der Waals surface area contributed by atoms with Crippen LogP contribution in [0.1, 0.15) is 16.8 Å². The van der Waals surface area contributed by atoms with Crippen molar-refractivity contribution in [1.29, 1.82) is 0 Å². The number of benzene rings is 1. The fourth-order valence-electron chi connectivity index (χ4n) is 1.87. The summed E-state index contributed by atoms with van der Waals surface area (Å²) in [7, 11) is 0. The van der Waals surface area contributed by atoms with E-state index in [0.717, 1.165) is 5.06 Å². The van der Waals surface area contributed by atoms with Crippen molar-refractivity contribution in [3.63, 3.8) is 0 Å². The van der Waals surface area contributed by atoms with Gasteiger partial charge in [0, 0.05) is 6.54 Å². The van der Waals surface area contributed by atoms with Crippen molar-refractivity contribution in [2.45, 2.75) is 18.6 Å². The number of carbonyl (C=O) groups is 2. The number of aliphatic hydroxyl groups is 1. The molecule has 6 nitrogen and oxygen atoms in total. The molecular formula is C12H13NO5. The van der Waals surface area contributed by atoms with Gasteiger partial charge < -0.3 is 15.1 Å². The minimum atomic E-state index is -1.21. The lowest BCUT2D eigenvalue weighted by atomic mass is 10.2. The topological polar surface area (TPSA) is 87.1 Å². The Balaban J connectivity index is 2.06. The average molecular weight is 251 g/mol. The summed E-state index contributed by atoms with van der Waals surface area (Å²) in [6, 6.07) is 7.08. The van der Waals surface area contributed by atoms with Crippen LogP contribution in [-0.4, -0.2) is 45.9 Å². The first-order valence-electron chi connectivity index (χ1n) is 5.54. The van der Waals surface area contributed by atoms with Gasteiger partial charge in [0.25, 0.3) is 0 Å². The molecule has 0 aromatic heterocycles. The maximum Gasteiger partial charge on any atom is 0.357 e. The van der Waals surface area contributed by atoms with Gasteiger partial charge in [-0.2, -0.15) is 0 Å². The molecule has 0 bridgehead atoms. The molecule has 2 rings (SSSR count). The summed E-state index contributed by atoms with van der Waals surface area (Å²) in [6.45, 7) is 0.205. The summed E-state index contributed by atoms with van der Waals surface area (Å²) < 4.78 is 0. The number of aliphatic hydroxyl groups excluding tert-OH is 1. The second-order valence-electron chi connectivity index (χ2n) is 4.02. The number of hydrogen-bond donors (Lipinski definition) is 2. The normalized spacial score (nSPS) is 23.8. The third kappa shape index (κ3) is 2.49. The highest BCUT2D eigenvalue weighted by Crippen LogP contribution is 2.19. The fourth-order valence-corrected chi connectivity index (χ4v) is 1.87. The molecule has 1 saturated heterocycles. The summed E-state index contributed by atoms with van der Waals surface area (Å²) in [5.41, 5.74) is 0.336. The van der Waals surface area contributed by atoms with Gasteiger partial charge in [-0.3, -0.25) is 4.79 Å². The van der Waals surface area contributed by atoms with Crippen LogP contribution in [0.2, 0.25) is 0 Å². The van der Waals surface area contributed by atoms with E-state index in [-0.39, 0.29) is 13.0 Å². The van der Waals surface area contributed by atoms with Crippen LogP contribution in [0.3, 0.4) is 0 Å². The third-order valence-corrected chi connectivity index (χ3v) is 2.78. The number of rotatable bonds is 3. The number of nitrogens with zero attached hydrogens (tertiary/aromatic N) is 1. The van der Waals surface area contributed by atoms with Crippen molar-refractivity contribution in [2.24, 2.45) is 0 Å². The maximum absolute atomic E-state index is 11.7. The molecule has 2 unspecified atom stereocenters. The minimum absolute atomic E-state index is 0.205. The monoisotopic (exact) mass is 251 g/mol. The molecule has 0 aliphatic carbocycles. The van der Waals surface area contributed by atoms with Crippen LogP contribution >= 0.6 is 0 Å². The van der Waals surface area contributed by atoms with Crippen LogP contribution in [-0.2, 0) is 9.63 Å². The van der Waals surface area contributed by atoms with Crippen LogP contribution in [0.15, 0.2) is 30.3 Å². The van der Waals surface area contributed by atoms with Gasteiger partial charge in [0.05, 0.1) is 11.7 Å². The molecule has 0 radical (unpaired) electrons. The Labute approximate surface area is 103 Å². The second kappa shape index (κ2) is 5.16. The van der Waals surface area contributed by atoms with E-state index in [4.69, 9.17) is 9.94 Å². The Morgan fingerprint density at radius 3 is 2.56 bits per heavy atom. The Hall–Kier alpha value is -1.92. The van der Waals surface area contributed by atoms with Gasteiger partial charge in [0.1, 0.15) is 0 Å². The molecule has 0 saturated carbocycles. The number of hydrogen-bond acceptors (Lipinski definition) is 5. The molecule has 2 atom stereocenters. The summed E-state index contributed by atoms with van der Waals surface area (Å²) in [5.74, 6) is -1.84. The lowest BCUT2D eigenvalue weighted by Crippen LogP contribution is -2.42. The summed E-state index contributed by atoms with van der Waals surface area (Å²) >= 11 is 0. The van der Waals surface area contributed by atoms with Gasteiger partial charge >= 0.3 is 11.9 Å². The number of aliphatic carboxylic acids is 1. The maximum atomic E-state index is 11.7. The zero-order valence-corrected chi connectivity index (χ0v) is 9.52. The Morgan fingerprint density at radius 1 is 1.28 bits per heavy atom. The molecule has 0 amide bonds. The number of carboxylic acid groups (broad SMARTS) is 1. The molecular weight excluding hydrogens is 238 g/mol. The predicted molar refractivity (Wildman–Crippen MR) is 60.6 cm³/mol. The van der Waals surface area contributed by atoms with Crippen molar-refractivity contribution < 1.29 is 24.6 Å². The number of carbonyl (C=O) groups excluding carboxylic acids is 1. The molecule has 1 aliphatic heterocycles. The standard InChI is InChI=1S/C12H13NO5/c14-9-6-7-13(10(9)11(15)16)18-12(17)8-4-2-1-3-5-8/h1-5,9-10,14H,6-7H2,(H,15,16). The smallest absolute Gasteiger partial charge is 0.357 e. The van der Waals surface area contributed by atoms with Crippen LogP contribution in [0.25, 0.3) is 0 Å². The quantitative estimate of drug-likeness (QED) is 0.802. The SMILES string of the molecule is O=C(ON1CCC(O)C1C(=O)O)c1ccccc1. The number of carboxylic acids is 1. The fraction of sp³-hybridized carbons (Fsp3) is 0.333. The first-order valence-corrected chi connectivity index (χ1v) is 5.54. The summed E-state index contributed by atoms with van der Waals surface area (Å²) in [5, 5.41) is 19.5. The molecule has 1 fully saturated rings. The van der Waals surface area contributed by atoms with Gasteiger partial charge in [-0.25, -0.2) is 4.79 Å². The minimum Gasteiger partial charge on any atom is -0.480 e. The summed E-state index contributed by atoms with van der Waals surface area (Å²) in [6.07, 6.45) is -0.759. The van der Waals surface area contributed by atoms with Crippen LogP contribution in [0.5, 0.6) is 0 Å². The van der Waals surface area contributed by atoms with E-state index in [2.05, 4.69) is 0 Å². The molecule has 1 aromatic rings. The van der Waals surface area contributed by atoms with E-state index in [9.17, 15) is 14.7 Å². The molecule has 2 N–H and O–H groups in total. The zero-order valence-electron chi connectivity index (χ0n) is 9.52. The van der Waals surface area contributed by atoms with E-state index >= 15 is 0 Å². The van der Waals surface area contributed by atoms with Crippen molar-refractivity contribution >= 4 is 11.9 Å². The highest BCUT2D eigenvalue weighted by Gasteiger charge is 2.41. The van der Waals surface area contributed by atoms with E-state index in [1.54, 1.807) is 30.3 Å². The van der Waals surface area contributed by atoms with Crippen molar-refractivity contribution in [2.75, 3.05) is 6.54 Å². The molecule has 1 aromatic carbocycles. The van der Waals surface area contributed by atoms with Crippen molar-refractivity contribution in [3.05, 3.63) is 35.9 Å². The third-order valence-electron chi connectivity index (χ3n) is 2.78.